The van der Waals surface area contributed by atoms with Crippen LogP contribution in [0.15, 0.2) is 24.3 Å². The third kappa shape index (κ3) is 2.51. The van der Waals surface area contributed by atoms with Crippen molar-refractivity contribution in [2.45, 2.75) is 6.04 Å². The molecule has 76 valence electrons. The van der Waals surface area contributed by atoms with Crippen LogP contribution >= 0.6 is 0 Å². The molecule has 0 saturated carbocycles. The minimum Gasteiger partial charge on any atom is -0.328 e. The maximum absolute atomic E-state index is 13.0. The van der Waals surface area contributed by atoms with Crippen molar-refractivity contribution in [1.82, 2.24) is 0 Å². The number of rotatable bonds is 3. The molecule has 0 radical (unpaired) electrons. The number of hydrogen-bond acceptors (Lipinski definition) is 3. The van der Waals surface area contributed by atoms with Gasteiger partial charge in [0.25, 0.3) is 0 Å². The number of anilines is 1. The molecule has 1 amide bonds. The van der Waals surface area contributed by atoms with E-state index in [9.17, 15) is 9.18 Å². The van der Waals surface area contributed by atoms with Gasteiger partial charge >= 0.3 is 0 Å². The summed E-state index contributed by atoms with van der Waals surface area (Å²) in [6.45, 7) is 0.0281. The molecular formula is C9H12FN3O. The van der Waals surface area contributed by atoms with Gasteiger partial charge in [-0.3, -0.25) is 4.79 Å². The van der Waals surface area contributed by atoms with E-state index in [1.54, 1.807) is 6.07 Å². The average molecular weight is 197 g/mol. The van der Waals surface area contributed by atoms with E-state index in [-0.39, 0.29) is 12.2 Å². The summed E-state index contributed by atoms with van der Waals surface area (Å²) in [5, 5.41) is 2.34. The van der Waals surface area contributed by atoms with Gasteiger partial charge in [0.05, 0.1) is 11.7 Å². The minimum atomic E-state index is -0.811. The molecule has 0 bridgehead atoms. The van der Waals surface area contributed by atoms with Crippen LogP contribution in [0.3, 0.4) is 0 Å². The Bertz CT molecular complexity index is 330. The van der Waals surface area contributed by atoms with Crippen molar-refractivity contribution in [3.8, 4) is 0 Å². The van der Waals surface area contributed by atoms with Crippen LogP contribution in [0.1, 0.15) is 0 Å². The van der Waals surface area contributed by atoms with Gasteiger partial charge in [0.2, 0.25) is 5.91 Å². The summed E-state index contributed by atoms with van der Waals surface area (Å²) in [6.07, 6.45) is 0. The van der Waals surface area contributed by atoms with E-state index in [0.29, 0.717) is 0 Å². The van der Waals surface area contributed by atoms with Crippen LogP contribution in [-0.2, 0) is 4.79 Å². The number of benzene rings is 1. The Morgan fingerprint density at radius 1 is 1.50 bits per heavy atom. The SMILES string of the molecule is NC[C@@H](N)C(=O)Nc1ccccc1F. The van der Waals surface area contributed by atoms with E-state index >= 15 is 0 Å². The number of halogens is 1. The third-order valence-corrected chi connectivity index (χ3v) is 1.72. The Labute approximate surface area is 81.1 Å². The average Bonchev–Trinajstić information content (AvgIpc) is 2.20. The topological polar surface area (TPSA) is 81.1 Å². The molecule has 0 aliphatic rings. The van der Waals surface area contributed by atoms with Crippen molar-refractivity contribution in [3.05, 3.63) is 30.1 Å². The van der Waals surface area contributed by atoms with Crippen molar-refractivity contribution in [3.63, 3.8) is 0 Å². The summed E-state index contributed by atoms with van der Waals surface area (Å²) in [5.41, 5.74) is 10.7. The fourth-order valence-corrected chi connectivity index (χ4v) is 0.895. The van der Waals surface area contributed by atoms with Crippen LogP contribution in [-0.4, -0.2) is 18.5 Å². The van der Waals surface area contributed by atoms with Gasteiger partial charge in [-0.05, 0) is 12.1 Å². The summed E-state index contributed by atoms with van der Waals surface area (Å²) >= 11 is 0. The number of nitrogens with one attached hydrogen (secondary N) is 1. The zero-order valence-corrected chi connectivity index (χ0v) is 7.53. The van der Waals surface area contributed by atoms with Gasteiger partial charge < -0.3 is 16.8 Å². The predicted molar refractivity (Wildman–Crippen MR) is 52.1 cm³/mol. The quantitative estimate of drug-likeness (QED) is 0.640. The largest absolute Gasteiger partial charge is 0.328 e. The first-order valence-corrected chi connectivity index (χ1v) is 4.16. The maximum Gasteiger partial charge on any atom is 0.242 e. The minimum absolute atomic E-state index is 0.0281. The number of nitrogens with two attached hydrogens (primary N) is 2. The van der Waals surface area contributed by atoms with E-state index in [0.717, 1.165) is 0 Å². The highest BCUT2D eigenvalue weighted by molar-refractivity contribution is 5.94. The second-order valence-electron chi connectivity index (χ2n) is 2.81. The number of carbonyl (C=O) groups is 1. The zero-order chi connectivity index (χ0) is 10.6. The number of carbonyl (C=O) groups excluding carboxylic acids is 1. The lowest BCUT2D eigenvalue weighted by molar-refractivity contribution is -0.117. The molecule has 0 saturated heterocycles. The standard InChI is InChI=1S/C9H12FN3O/c10-6-3-1-2-4-8(6)13-9(14)7(12)5-11/h1-4,7H,5,11-12H2,(H,13,14)/t7-/m1/s1. The van der Waals surface area contributed by atoms with E-state index < -0.39 is 17.8 Å². The Morgan fingerprint density at radius 3 is 2.71 bits per heavy atom. The molecule has 1 atom stereocenters. The summed E-state index contributed by atoms with van der Waals surface area (Å²) in [7, 11) is 0. The van der Waals surface area contributed by atoms with E-state index in [2.05, 4.69) is 5.32 Å². The van der Waals surface area contributed by atoms with Gasteiger partial charge in [-0.15, -0.1) is 0 Å². The fraction of sp³-hybridized carbons (Fsp3) is 0.222. The molecule has 0 aromatic heterocycles. The highest BCUT2D eigenvalue weighted by Gasteiger charge is 2.12. The van der Waals surface area contributed by atoms with Crippen LogP contribution in [0.5, 0.6) is 0 Å². The summed E-state index contributed by atoms with van der Waals surface area (Å²) in [6, 6.07) is 5.05. The van der Waals surface area contributed by atoms with Crippen LogP contribution in [0.4, 0.5) is 10.1 Å². The Hall–Kier alpha value is -1.46. The van der Waals surface area contributed by atoms with Gasteiger partial charge in [-0.2, -0.15) is 0 Å². The van der Waals surface area contributed by atoms with Crippen molar-refractivity contribution in [2.75, 3.05) is 11.9 Å². The van der Waals surface area contributed by atoms with Crippen molar-refractivity contribution in [1.29, 1.82) is 0 Å². The molecule has 0 spiro atoms. The summed E-state index contributed by atoms with van der Waals surface area (Å²) in [5.74, 6) is -0.984. The number of amides is 1. The Morgan fingerprint density at radius 2 is 2.14 bits per heavy atom. The molecule has 0 heterocycles. The highest BCUT2D eigenvalue weighted by atomic mass is 19.1. The molecule has 0 aliphatic carbocycles. The zero-order valence-electron chi connectivity index (χ0n) is 7.53. The van der Waals surface area contributed by atoms with Crippen LogP contribution in [0, 0.1) is 5.82 Å². The highest BCUT2D eigenvalue weighted by Crippen LogP contribution is 2.12. The van der Waals surface area contributed by atoms with E-state index in [4.69, 9.17) is 11.5 Å². The lowest BCUT2D eigenvalue weighted by Gasteiger charge is -2.10. The van der Waals surface area contributed by atoms with E-state index in [1.165, 1.54) is 18.2 Å². The first-order chi connectivity index (χ1) is 6.65. The van der Waals surface area contributed by atoms with Gasteiger partial charge in [0.15, 0.2) is 0 Å². The molecule has 14 heavy (non-hydrogen) atoms. The van der Waals surface area contributed by atoms with Gasteiger partial charge in [-0.25, -0.2) is 4.39 Å². The van der Waals surface area contributed by atoms with Crippen LogP contribution in [0.2, 0.25) is 0 Å². The molecule has 5 heteroatoms. The molecule has 1 aromatic rings. The molecule has 1 aromatic carbocycles. The normalized spacial score (nSPS) is 12.2. The molecule has 1 rings (SSSR count). The molecule has 4 nitrogen and oxygen atoms in total. The molecule has 0 unspecified atom stereocenters. The first kappa shape index (κ1) is 10.6. The smallest absolute Gasteiger partial charge is 0.242 e. The molecule has 0 fully saturated rings. The van der Waals surface area contributed by atoms with Crippen LogP contribution < -0.4 is 16.8 Å². The monoisotopic (exact) mass is 197 g/mol. The van der Waals surface area contributed by atoms with Gasteiger partial charge in [-0.1, -0.05) is 12.1 Å². The third-order valence-electron chi connectivity index (χ3n) is 1.72. The summed E-state index contributed by atoms with van der Waals surface area (Å²) < 4.78 is 13.0. The van der Waals surface area contributed by atoms with Gasteiger partial charge in [0, 0.05) is 6.54 Å². The first-order valence-electron chi connectivity index (χ1n) is 4.16. The van der Waals surface area contributed by atoms with E-state index in [1.807, 2.05) is 0 Å². The van der Waals surface area contributed by atoms with Gasteiger partial charge in [0.1, 0.15) is 5.82 Å². The van der Waals surface area contributed by atoms with Crippen molar-refractivity contribution < 1.29 is 9.18 Å². The lowest BCUT2D eigenvalue weighted by atomic mass is 10.2. The van der Waals surface area contributed by atoms with Crippen molar-refractivity contribution in [2.24, 2.45) is 11.5 Å². The predicted octanol–water partition coefficient (Wildman–Crippen LogP) is 0.0502. The Balaban J connectivity index is 2.70. The van der Waals surface area contributed by atoms with Crippen LogP contribution in [0.25, 0.3) is 0 Å². The number of para-hydroxylation sites is 1. The summed E-state index contributed by atoms with van der Waals surface area (Å²) in [4.78, 5) is 11.2. The second kappa shape index (κ2) is 4.69. The maximum atomic E-state index is 13.0. The number of hydrogen-bond donors (Lipinski definition) is 3. The van der Waals surface area contributed by atoms with Crippen molar-refractivity contribution >= 4 is 11.6 Å². The molecule has 0 aliphatic heterocycles. The fourth-order valence-electron chi connectivity index (χ4n) is 0.895. The molecular weight excluding hydrogens is 185 g/mol. The second-order valence-corrected chi connectivity index (χ2v) is 2.81. The lowest BCUT2D eigenvalue weighted by Crippen LogP contribution is -2.41. The Kier molecular flexibility index (Phi) is 3.55. The molecule has 5 N–H and O–H groups in total.